The summed E-state index contributed by atoms with van der Waals surface area (Å²) in [6.45, 7) is 6.99. The van der Waals surface area contributed by atoms with Crippen molar-refractivity contribution in [2.75, 3.05) is 18.0 Å². The minimum Gasteiger partial charge on any atom is -0.356 e. The second-order valence-electron chi connectivity index (χ2n) is 6.61. The number of aromatic nitrogens is 2. The molecular weight excluding hydrogens is 234 g/mol. The predicted octanol–water partition coefficient (Wildman–Crippen LogP) is 3.62. The zero-order valence-corrected chi connectivity index (χ0v) is 12.2. The third-order valence-corrected chi connectivity index (χ3v) is 4.35. The molecule has 1 saturated carbocycles. The number of piperidine rings is 1. The fourth-order valence-electron chi connectivity index (χ4n) is 3.14. The molecule has 0 spiro atoms. The van der Waals surface area contributed by atoms with Crippen LogP contribution in [0, 0.1) is 11.8 Å². The Kier molecular flexibility index (Phi) is 3.72. The van der Waals surface area contributed by atoms with E-state index < -0.39 is 0 Å². The maximum absolute atomic E-state index is 4.76. The Bertz CT molecular complexity index is 418. The van der Waals surface area contributed by atoms with E-state index in [4.69, 9.17) is 4.98 Å². The van der Waals surface area contributed by atoms with Crippen molar-refractivity contribution in [2.45, 2.75) is 51.9 Å². The summed E-state index contributed by atoms with van der Waals surface area (Å²) >= 11 is 0. The van der Waals surface area contributed by atoms with Crippen LogP contribution < -0.4 is 4.90 Å². The average Bonchev–Trinajstić information content (AvgIpc) is 3.23. The van der Waals surface area contributed by atoms with E-state index in [2.05, 4.69) is 29.8 Å². The highest BCUT2D eigenvalue weighted by atomic mass is 15.2. The van der Waals surface area contributed by atoms with Crippen molar-refractivity contribution in [2.24, 2.45) is 11.8 Å². The van der Waals surface area contributed by atoms with Crippen molar-refractivity contribution in [3.63, 3.8) is 0 Å². The van der Waals surface area contributed by atoms with E-state index in [1.807, 2.05) is 6.20 Å². The Morgan fingerprint density at radius 1 is 1.21 bits per heavy atom. The molecule has 3 nitrogen and oxygen atoms in total. The summed E-state index contributed by atoms with van der Waals surface area (Å²) in [5.74, 6) is 4.62. The lowest BCUT2D eigenvalue weighted by Crippen LogP contribution is -2.34. The molecule has 0 N–H and O–H groups in total. The molecule has 2 aliphatic rings. The number of anilines is 1. The lowest BCUT2D eigenvalue weighted by atomic mass is 9.89. The molecule has 104 valence electrons. The molecule has 0 bridgehead atoms. The first-order valence-corrected chi connectivity index (χ1v) is 7.80. The zero-order chi connectivity index (χ0) is 13.2. The molecule has 0 amide bonds. The lowest BCUT2D eigenvalue weighted by molar-refractivity contribution is 0.337. The van der Waals surface area contributed by atoms with Gasteiger partial charge in [-0.15, -0.1) is 0 Å². The normalized spacial score (nSPS) is 21.1. The Hall–Kier alpha value is -1.12. The zero-order valence-electron chi connectivity index (χ0n) is 12.2. The van der Waals surface area contributed by atoms with E-state index in [9.17, 15) is 0 Å². The van der Waals surface area contributed by atoms with E-state index in [-0.39, 0.29) is 0 Å². The largest absolute Gasteiger partial charge is 0.356 e. The molecule has 1 aromatic heterocycles. The lowest BCUT2D eigenvalue weighted by Gasteiger charge is -2.33. The molecule has 1 aliphatic carbocycles. The van der Waals surface area contributed by atoms with E-state index in [0.29, 0.717) is 5.92 Å². The smallest absolute Gasteiger partial charge is 0.133 e. The standard InChI is InChI=1S/C16H25N3/c1-12(2)11-13-6-9-19(10-7-13)15-5-8-17-16(18-15)14-3-4-14/h5,8,12-14H,3-4,6-7,9-11H2,1-2H3. The number of hydrogen-bond donors (Lipinski definition) is 0. The second kappa shape index (κ2) is 5.48. The molecule has 0 unspecified atom stereocenters. The maximum Gasteiger partial charge on any atom is 0.133 e. The van der Waals surface area contributed by atoms with E-state index in [1.165, 1.54) is 45.2 Å². The van der Waals surface area contributed by atoms with Crippen molar-refractivity contribution < 1.29 is 0 Å². The third kappa shape index (κ3) is 3.26. The van der Waals surface area contributed by atoms with Gasteiger partial charge in [0.05, 0.1) is 0 Å². The van der Waals surface area contributed by atoms with Gasteiger partial charge in [0.2, 0.25) is 0 Å². The van der Waals surface area contributed by atoms with Crippen molar-refractivity contribution in [1.82, 2.24) is 9.97 Å². The van der Waals surface area contributed by atoms with Gasteiger partial charge < -0.3 is 4.90 Å². The Balaban J connectivity index is 1.60. The number of hydrogen-bond acceptors (Lipinski definition) is 3. The summed E-state index contributed by atoms with van der Waals surface area (Å²) < 4.78 is 0. The van der Waals surface area contributed by atoms with Gasteiger partial charge in [0.15, 0.2) is 0 Å². The molecule has 1 aliphatic heterocycles. The minimum atomic E-state index is 0.651. The summed E-state index contributed by atoms with van der Waals surface area (Å²) in [6.07, 6.45) is 8.52. The summed E-state index contributed by atoms with van der Waals surface area (Å²) in [7, 11) is 0. The fraction of sp³-hybridized carbons (Fsp3) is 0.750. The van der Waals surface area contributed by atoms with Gasteiger partial charge in [-0.3, -0.25) is 0 Å². The van der Waals surface area contributed by atoms with Gasteiger partial charge in [-0.25, -0.2) is 9.97 Å². The highest BCUT2D eigenvalue weighted by Gasteiger charge is 2.27. The molecule has 3 heteroatoms. The quantitative estimate of drug-likeness (QED) is 0.827. The van der Waals surface area contributed by atoms with Gasteiger partial charge in [-0.2, -0.15) is 0 Å². The first-order chi connectivity index (χ1) is 9.22. The third-order valence-electron chi connectivity index (χ3n) is 4.35. The van der Waals surface area contributed by atoms with Crippen LogP contribution in [0.2, 0.25) is 0 Å². The Morgan fingerprint density at radius 3 is 2.58 bits per heavy atom. The summed E-state index contributed by atoms with van der Waals surface area (Å²) in [4.78, 5) is 11.6. The van der Waals surface area contributed by atoms with Gasteiger partial charge in [0.1, 0.15) is 11.6 Å². The van der Waals surface area contributed by atoms with Crippen LogP contribution in [0.15, 0.2) is 12.3 Å². The molecule has 3 rings (SSSR count). The van der Waals surface area contributed by atoms with Crippen LogP contribution in [0.3, 0.4) is 0 Å². The second-order valence-corrected chi connectivity index (χ2v) is 6.61. The van der Waals surface area contributed by atoms with Gasteiger partial charge >= 0.3 is 0 Å². The monoisotopic (exact) mass is 259 g/mol. The molecule has 1 saturated heterocycles. The van der Waals surface area contributed by atoms with Gasteiger partial charge in [-0.1, -0.05) is 13.8 Å². The molecule has 2 heterocycles. The number of rotatable bonds is 4. The van der Waals surface area contributed by atoms with Gasteiger partial charge in [-0.05, 0) is 50.0 Å². The van der Waals surface area contributed by atoms with Crippen LogP contribution in [0.5, 0.6) is 0 Å². The van der Waals surface area contributed by atoms with Crippen molar-refractivity contribution in [3.05, 3.63) is 18.1 Å². The van der Waals surface area contributed by atoms with E-state index in [0.717, 1.165) is 23.5 Å². The molecule has 0 aromatic carbocycles. The van der Waals surface area contributed by atoms with Crippen LogP contribution in [-0.4, -0.2) is 23.1 Å². The van der Waals surface area contributed by atoms with Crippen molar-refractivity contribution in [1.29, 1.82) is 0 Å². The first-order valence-electron chi connectivity index (χ1n) is 7.80. The maximum atomic E-state index is 4.76. The molecule has 1 aromatic rings. The van der Waals surface area contributed by atoms with E-state index in [1.54, 1.807) is 0 Å². The Labute approximate surface area is 116 Å². The average molecular weight is 259 g/mol. The van der Waals surface area contributed by atoms with Gasteiger partial charge in [0.25, 0.3) is 0 Å². The fourth-order valence-corrected chi connectivity index (χ4v) is 3.14. The first kappa shape index (κ1) is 12.9. The Morgan fingerprint density at radius 2 is 1.95 bits per heavy atom. The van der Waals surface area contributed by atoms with Crippen LogP contribution in [0.25, 0.3) is 0 Å². The van der Waals surface area contributed by atoms with Crippen molar-refractivity contribution in [3.8, 4) is 0 Å². The highest BCUT2D eigenvalue weighted by molar-refractivity contribution is 5.38. The molecule has 19 heavy (non-hydrogen) atoms. The van der Waals surface area contributed by atoms with Crippen molar-refractivity contribution >= 4 is 5.82 Å². The van der Waals surface area contributed by atoms with Crippen LogP contribution in [-0.2, 0) is 0 Å². The number of nitrogens with zero attached hydrogens (tertiary/aromatic N) is 3. The topological polar surface area (TPSA) is 29.0 Å². The molecule has 2 fully saturated rings. The highest BCUT2D eigenvalue weighted by Crippen LogP contribution is 2.38. The van der Waals surface area contributed by atoms with Crippen LogP contribution in [0.4, 0.5) is 5.82 Å². The molecule has 0 atom stereocenters. The SMILES string of the molecule is CC(C)CC1CCN(c2ccnc(C3CC3)n2)CC1. The predicted molar refractivity (Wildman–Crippen MR) is 78.4 cm³/mol. The van der Waals surface area contributed by atoms with E-state index >= 15 is 0 Å². The summed E-state index contributed by atoms with van der Waals surface area (Å²) in [5.41, 5.74) is 0. The molecule has 0 radical (unpaired) electrons. The van der Waals surface area contributed by atoms with Crippen LogP contribution in [0.1, 0.15) is 57.7 Å². The minimum absolute atomic E-state index is 0.651. The molecular formula is C16H25N3. The van der Waals surface area contributed by atoms with Gasteiger partial charge in [0, 0.05) is 25.2 Å². The van der Waals surface area contributed by atoms with Crippen LogP contribution >= 0.6 is 0 Å². The summed E-state index contributed by atoms with van der Waals surface area (Å²) in [5, 5.41) is 0. The summed E-state index contributed by atoms with van der Waals surface area (Å²) in [6, 6.07) is 2.08.